The molecular weight excluding hydrogens is 178 g/mol. The van der Waals surface area contributed by atoms with Gasteiger partial charge < -0.3 is 4.90 Å². The molecular formula is C11H11NO2. The molecule has 0 saturated heterocycles. The summed E-state index contributed by atoms with van der Waals surface area (Å²) in [4.78, 5) is 23.1. The highest BCUT2D eigenvalue weighted by Gasteiger charge is 2.07. The summed E-state index contributed by atoms with van der Waals surface area (Å²) < 4.78 is 0. The van der Waals surface area contributed by atoms with Crippen molar-refractivity contribution in [1.29, 1.82) is 0 Å². The number of carbonyl (C=O) groups excluding carboxylic acids is 2. The number of benzene rings is 1. The van der Waals surface area contributed by atoms with E-state index in [9.17, 15) is 9.59 Å². The van der Waals surface area contributed by atoms with Crippen molar-refractivity contribution in [2.45, 2.75) is 0 Å². The van der Waals surface area contributed by atoms with Crippen LogP contribution in [0, 0.1) is 0 Å². The minimum atomic E-state index is -0.0994. The second kappa shape index (κ2) is 4.97. The molecule has 3 heteroatoms. The Morgan fingerprint density at radius 1 is 1.36 bits per heavy atom. The van der Waals surface area contributed by atoms with Crippen molar-refractivity contribution in [2.75, 3.05) is 6.54 Å². The Bertz CT molecular complexity index is 324. The van der Waals surface area contributed by atoms with Gasteiger partial charge in [0.1, 0.15) is 0 Å². The lowest BCUT2D eigenvalue weighted by Gasteiger charge is -2.09. The molecule has 0 radical (unpaired) electrons. The standard InChI is InChI=1S/C11H11NO2/c1-2-12(9-13)8-11(14)10-6-4-3-5-7-10/h2-7,9H,1,8H2. The highest BCUT2D eigenvalue weighted by Crippen LogP contribution is 2.00. The van der Waals surface area contributed by atoms with E-state index in [1.807, 2.05) is 6.07 Å². The first-order chi connectivity index (χ1) is 6.77. The molecule has 1 amide bonds. The van der Waals surface area contributed by atoms with Gasteiger partial charge in [0.2, 0.25) is 6.41 Å². The van der Waals surface area contributed by atoms with E-state index in [0.717, 1.165) is 0 Å². The predicted octanol–water partition coefficient (Wildman–Crippen LogP) is 1.47. The van der Waals surface area contributed by atoms with Crippen LogP contribution < -0.4 is 0 Å². The molecule has 0 aromatic heterocycles. The molecule has 0 bridgehead atoms. The Kier molecular flexibility index (Phi) is 3.61. The molecule has 0 aliphatic heterocycles. The van der Waals surface area contributed by atoms with Gasteiger partial charge in [0.15, 0.2) is 5.78 Å². The second-order valence-corrected chi connectivity index (χ2v) is 2.75. The zero-order valence-corrected chi connectivity index (χ0v) is 7.72. The third-order valence-electron chi connectivity index (χ3n) is 1.79. The zero-order valence-electron chi connectivity index (χ0n) is 7.72. The Balaban J connectivity index is 2.67. The quantitative estimate of drug-likeness (QED) is 0.519. The van der Waals surface area contributed by atoms with Crippen LogP contribution in [0.3, 0.4) is 0 Å². The maximum atomic E-state index is 11.5. The summed E-state index contributed by atoms with van der Waals surface area (Å²) in [6, 6.07) is 8.84. The highest BCUT2D eigenvalue weighted by atomic mass is 16.1. The van der Waals surface area contributed by atoms with Gasteiger partial charge >= 0.3 is 0 Å². The lowest BCUT2D eigenvalue weighted by Crippen LogP contribution is -2.23. The van der Waals surface area contributed by atoms with Crippen molar-refractivity contribution < 1.29 is 9.59 Å². The maximum Gasteiger partial charge on any atom is 0.214 e. The number of nitrogens with zero attached hydrogens (tertiary/aromatic N) is 1. The van der Waals surface area contributed by atoms with Crippen LogP contribution >= 0.6 is 0 Å². The molecule has 1 aromatic carbocycles. The number of hydrogen-bond acceptors (Lipinski definition) is 2. The lowest BCUT2D eigenvalue weighted by atomic mass is 10.1. The molecule has 0 aliphatic rings. The van der Waals surface area contributed by atoms with Crippen LogP contribution in [0.2, 0.25) is 0 Å². The number of carbonyl (C=O) groups is 2. The molecule has 14 heavy (non-hydrogen) atoms. The molecule has 0 saturated carbocycles. The first-order valence-corrected chi connectivity index (χ1v) is 4.19. The van der Waals surface area contributed by atoms with Crippen LogP contribution in [0.5, 0.6) is 0 Å². The van der Waals surface area contributed by atoms with E-state index in [4.69, 9.17) is 0 Å². The Morgan fingerprint density at radius 3 is 2.50 bits per heavy atom. The van der Waals surface area contributed by atoms with Gasteiger partial charge in [-0.2, -0.15) is 0 Å². The smallest absolute Gasteiger partial charge is 0.214 e. The third-order valence-corrected chi connectivity index (χ3v) is 1.79. The maximum absolute atomic E-state index is 11.5. The second-order valence-electron chi connectivity index (χ2n) is 2.75. The summed E-state index contributed by atoms with van der Waals surface area (Å²) in [6.07, 6.45) is 1.90. The molecule has 0 fully saturated rings. The van der Waals surface area contributed by atoms with Crippen molar-refractivity contribution in [2.24, 2.45) is 0 Å². The number of hydrogen-bond donors (Lipinski definition) is 0. The molecule has 3 nitrogen and oxygen atoms in total. The minimum Gasteiger partial charge on any atom is -0.314 e. The van der Waals surface area contributed by atoms with Crippen LogP contribution in [-0.2, 0) is 4.79 Å². The molecule has 0 spiro atoms. The Morgan fingerprint density at radius 2 is 2.00 bits per heavy atom. The molecule has 1 rings (SSSR count). The zero-order chi connectivity index (χ0) is 10.4. The fraction of sp³-hybridized carbons (Fsp3) is 0.0909. The van der Waals surface area contributed by atoms with E-state index >= 15 is 0 Å². The first-order valence-electron chi connectivity index (χ1n) is 4.19. The molecule has 0 aliphatic carbocycles. The number of ketones is 1. The van der Waals surface area contributed by atoms with Crippen LogP contribution in [0.1, 0.15) is 10.4 Å². The molecule has 0 unspecified atom stereocenters. The van der Waals surface area contributed by atoms with Crippen molar-refractivity contribution in [3.8, 4) is 0 Å². The number of Topliss-reactive ketones (excluding diaryl/α,β-unsaturated/α-hetero) is 1. The van der Waals surface area contributed by atoms with Gasteiger partial charge in [-0.1, -0.05) is 36.9 Å². The minimum absolute atomic E-state index is 0.0387. The van der Waals surface area contributed by atoms with E-state index in [1.54, 1.807) is 24.3 Å². The van der Waals surface area contributed by atoms with Crippen molar-refractivity contribution in [3.05, 3.63) is 48.7 Å². The van der Waals surface area contributed by atoms with E-state index in [2.05, 4.69) is 6.58 Å². The molecule has 0 heterocycles. The topological polar surface area (TPSA) is 37.4 Å². The molecule has 72 valence electrons. The van der Waals surface area contributed by atoms with Gasteiger partial charge in [-0.25, -0.2) is 0 Å². The van der Waals surface area contributed by atoms with Crippen molar-refractivity contribution in [1.82, 2.24) is 4.90 Å². The monoisotopic (exact) mass is 189 g/mol. The van der Waals surface area contributed by atoms with E-state index < -0.39 is 0 Å². The van der Waals surface area contributed by atoms with Gasteiger partial charge in [0.25, 0.3) is 0 Å². The molecule has 0 N–H and O–H groups in total. The van der Waals surface area contributed by atoms with E-state index in [-0.39, 0.29) is 12.3 Å². The highest BCUT2D eigenvalue weighted by molar-refractivity contribution is 5.98. The van der Waals surface area contributed by atoms with Gasteiger partial charge in [0, 0.05) is 5.56 Å². The molecule has 1 aromatic rings. The van der Waals surface area contributed by atoms with Gasteiger partial charge in [0.05, 0.1) is 6.54 Å². The summed E-state index contributed by atoms with van der Waals surface area (Å²) in [5, 5.41) is 0. The van der Waals surface area contributed by atoms with Gasteiger partial charge in [-0.05, 0) is 6.20 Å². The summed E-state index contributed by atoms with van der Waals surface area (Å²) in [7, 11) is 0. The van der Waals surface area contributed by atoms with Crippen LogP contribution in [-0.4, -0.2) is 23.6 Å². The van der Waals surface area contributed by atoms with E-state index in [0.29, 0.717) is 12.0 Å². The van der Waals surface area contributed by atoms with E-state index in [1.165, 1.54) is 11.1 Å². The predicted molar refractivity (Wildman–Crippen MR) is 53.7 cm³/mol. The van der Waals surface area contributed by atoms with Crippen molar-refractivity contribution in [3.63, 3.8) is 0 Å². The lowest BCUT2D eigenvalue weighted by molar-refractivity contribution is -0.115. The van der Waals surface area contributed by atoms with Crippen LogP contribution in [0.4, 0.5) is 0 Å². The van der Waals surface area contributed by atoms with Crippen molar-refractivity contribution >= 4 is 12.2 Å². The number of rotatable bonds is 5. The Hall–Kier alpha value is -1.90. The third kappa shape index (κ3) is 2.55. The first kappa shape index (κ1) is 10.2. The van der Waals surface area contributed by atoms with Crippen LogP contribution in [0.25, 0.3) is 0 Å². The largest absolute Gasteiger partial charge is 0.314 e. The average molecular weight is 189 g/mol. The van der Waals surface area contributed by atoms with Gasteiger partial charge in [-0.3, -0.25) is 9.59 Å². The summed E-state index contributed by atoms with van der Waals surface area (Å²) in [6.45, 7) is 3.46. The Labute approximate surface area is 82.6 Å². The summed E-state index contributed by atoms with van der Waals surface area (Å²) in [5.74, 6) is -0.0994. The van der Waals surface area contributed by atoms with Gasteiger partial charge in [-0.15, -0.1) is 0 Å². The fourth-order valence-electron chi connectivity index (χ4n) is 1.03. The normalized spacial score (nSPS) is 9.14. The summed E-state index contributed by atoms with van der Waals surface area (Å²) >= 11 is 0. The summed E-state index contributed by atoms with van der Waals surface area (Å²) in [5.41, 5.74) is 0.598. The average Bonchev–Trinajstić information content (AvgIpc) is 2.26. The number of amides is 1. The van der Waals surface area contributed by atoms with Crippen LogP contribution in [0.15, 0.2) is 43.1 Å². The fourth-order valence-corrected chi connectivity index (χ4v) is 1.03. The molecule has 0 atom stereocenters. The SMILES string of the molecule is C=CN(C=O)CC(=O)c1ccccc1.